The number of carbonyl (C=O) groups excluding carboxylic acids is 2. The maximum absolute atomic E-state index is 13.3. The summed E-state index contributed by atoms with van der Waals surface area (Å²) < 4.78 is 0.679. The molecule has 1 amide bonds. The van der Waals surface area contributed by atoms with Gasteiger partial charge in [0.05, 0.1) is 19.0 Å². The van der Waals surface area contributed by atoms with E-state index in [0.717, 1.165) is 51.0 Å². The normalized spacial score (nSPS) is 20.3. The summed E-state index contributed by atoms with van der Waals surface area (Å²) in [6.45, 7) is 9.94. The second-order valence-corrected chi connectivity index (χ2v) is 9.27. The molecular weight excluding hydrogens is 473 g/mol. The predicted molar refractivity (Wildman–Crippen MR) is 126 cm³/mol. The van der Waals surface area contributed by atoms with Crippen LogP contribution in [0.1, 0.15) is 48.4 Å². The number of quaternary nitrogens is 1. The molecule has 0 bridgehead atoms. The van der Waals surface area contributed by atoms with Gasteiger partial charge in [0.15, 0.2) is 5.78 Å². The molecule has 1 aliphatic rings. The van der Waals surface area contributed by atoms with Gasteiger partial charge in [0.1, 0.15) is 13.1 Å². The van der Waals surface area contributed by atoms with Crippen molar-refractivity contribution in [3.63, 3.8) is 0 Å². The average molecular weight is 511 g/mol. The Labute approximate surface area is 218 Å². The number of hydrogen-bond acceptors (Lipinski definition) is 2. The Morgan fingerprint density at radius 3 is 2.38 bits per heavy atom. The first-order chi connectivity index (χ1) is 14.9. The number of ketones is 1. The summed E-state index contributed by atoms with van der Waals surface area (Å²) in [6.07, 6.45) is 3.31. The number of piperidine rings is 1. The zero-order valence-electron chi connectivity index (χ0n) is 19.9. The zero-order valence-corrected chi connectivity index (χ0v) is 22.7. The third-order valence-corrected chi connectivity index (χ3v) is 6.60. The molecule has 1 saturated heterocycles. The SMILES string of the molecule is CCCNC(=O)C1CCC[N+](CC(=O)Cc2c(C)cccc2C)(Cc2ccccc2)C1.[Y]. The van der Waals surface area contributed by atoms with Gasteiger partial charge in [-0.3, -0.25) is 9.59 Å². The van der Waals surface area contributed by atoms with Crippen molar-refractivity contribution in [2.24, 2.45) is 5.92 Å². The van der Waals surface area contributed by atoms with Crippen molar-refractivity contribution in [1.82, 2.24) is 5.32 Å². The first-order valence-corrected chi connectivity index (χ1v) is 11.7. The van der Waals surface area contributed by atoms with E-state index in [1.54, 1.807) is 0 Å². The van der Waals surface area contributed by atoms with E-state index in [-0.39, 0.29) is 50.3 Å². The van der Waals surface area contributed by atoms with Crippen LogP contribution in [-0.4, -0.2) is 42.4 Å². The van der Waals surface area contributed by atoms with Gasteiger partial charge in [-0.25, -0.2) is 0 Å². The van der Waals surface area contributed by atoms with E-state index in [4.69, 9.17) is 0 Å². The van der Waals surface area contributed by atoms with Gasteiger partial charge in [0.2, 0.25) is 5.91 Å². The van der Waals surface area contributed by atoms with Crippen molar-refractivity contribution >= 4 is 11.7 Å². The van der Waals surface area contributed by atoms with Crippen LogP contribution in [0.25, 0.3) is 0 Å². The molecule has 169 valence electrons. The molecule has 5 heteroatoms. The molecule has 1 aliphatic heterocycles. The minimum atomic E-state index is -0.0167. The number of benzene rings is 2. The molecule has 2 atom stereocenters. The monoisotopic (exact) mass is 510 g/mol. The largest absolute Gasteiger partial charge is 0.356 e. The number of Topliss-reactive ketones (excluding diaryl/α,β-unsaturated/α-hetero) is 1. The molecule has 0 spiro atoms. The molecule has 1 radical (unpaired) electrons. The number of carbonyl (C=O) groups is 2. The topological polar surface area (TPSA) is 46.2 Å². The Balaban J connectivity index is 0.00000363. The van der Waals surface area contributed by atoms with E-state index in [9.17, 15) is 9.59 Å². The van der Waals surface area contributed by atoms with Gasteiger partial charge < -0.3 is 9.80 Å². The van der Waals surface area contributed by atoms with Crippen molar-refractivity contribution in [3.8, 4) is 0 Å². The number of amides is 1. The second-order valence-electron chi connectivity index (χ2n) is 9.27. The molecule has 0 aliphatic carbocycles. The van der Waals surface area contributed by atoms with E-state index >= 15 is 0 Å². The summed E-state index contributed by atoms with van der Waals surface area (Å²) in [6, 6.07) is 16.6. The van der Waals surface area contributed by atoms with Crippen molar-refractivity contribution in [3.05, 3.63) is 70.8 Å². The predicted octanol–water partition coefficient (Wildman–Crippen LogP) is 4.37. The summed E-state index contributed by atoms with van der Waals surface area (Å²) in [5.74, 6) is 0.402. The minimum Gasteiger partial charge on any atom is -0.356 e. The van der Waals surface area contributed by atoms with Crippen molar-refractivity contribution in [2.75, 3.05) is 26.2 Å². The summed E-state index contributed by atoms with van der Waals surface area (Å²) in [4.78, 5) is 26.1. The van der Waals surface area contributed by atoms with Crippen LogP contribution in [0, 0.1) is 19.8 Å². The van der Waals surface area contributed by atoms with Gasteiger partial charge in [-0.05, 0) is 49.8 Å². The van der Waals surface area contributed by atoms with Gasteiger partial charge in [-0.1, -0.05) is 55.5 Å². The van der Waals surface area contributed by atoms with Crippen LogP contribution in [0.4, 0.5) is 0 Å². The summed E-state index contributed by atoms with van der Waals surface area (Å²) in [5.41, 5.74) is 4.74. The van der Waals surface area contributed by atoms with E-state index in [0.29, 0.717) is 17.4 Å². The molecule has 32 heavy (non-hydrogen) atoms. The first-order valence-electron chi connectivity index (χ1n) is 11.7. The van der Waals surface area contributed by atoms with Crippen LogP contribution in [-0.2, 0) is 55.3 Å². The summed E-state index contributed by atoms with van der Waals surface area (Å²) in [5, 5.41) is 3.08. The fourth-order valence-corrected chi connectivity index (χ4v) is 5.00. The maximum Gasteiger partial charge on any atom is 0.228 e. The average Bonchev–Trinajstić information content (AvgIpc) is 2.75. The van der Waals surface area contributed by atoms with Gasteiger partial charge in [0, 0.05) is 51.2 Å². The smallest absolute Gasteiger partial charge is 0.228 e. The number of likely N-dealkylation sites (tertiary alicyclic amines) is 1. The molecule has 0 aromatic heterocycles. The fraction of sp³-hybridized carbons (Fsp3) is 0.481. The number of aryl methyl sites for hydroxylation is 2. The Morgan fingerprint density at radius 1 is 1.03 bits per heavy atom. The van der Waals surface area contributed by atoms with Crippen LogP contribution in [0.2, 0.25) is 0 Å². The molecule has 4 nitrogen and oxygen atoms in total. The Bertz CT molecular complexity index is 880. The maximum atomic E-state index is 13.3. The van der Waals surface area contributed by atoms with Gasteiger partial charge in [-0.2, -0.15) is 0 Å². The van der Waals surface area contributed by atoms with E-state index in [2.05, 4.69) is 62.5 Å². The molecule has 1 heterocycles. The number of nitrogens with zero attached hydrogens (tertiary/aromatic N) is 1. The molecule has 3 rings (SSSR count). The van der Waals surface area contributed by atoms with Crippen molar-refractivity contribution in [1.29, 1.82) is 0 Å². The Hall–Kier alpha value is -1.36. The number of hydrogen-bond donors (Lipinski definition) is 1. The van der Waals surface area contributed by atoms with E-state index < -0.39 is 0 Å². The van der Waals surface area contributed by atoms with E-state index in [1.165, 1.54) is 16.7 Å². The van der Waals surface area contributed by atoms with Gasteiger partial charge in [0.25, 0.3) is 0 Å². The fourth-order valence-electron chi connectivity index (χ4n) is 5.00. The van der Waals surface area contributed by atoms with Crippen LogP contribution in [0.3, 0.4) is 0 Å². The standard InChI is InChI=1S/C27H36N2O2.Y/c1-4-15-28-27(31)24-14-9-16-29(19-24,18-23-12-6-5-7-13-23)20-25(30)17-26-21(2)10-8-11-22(26)3;/h5-8,10-13,24H,4,9,14-20H2,1-3H3;/p+1. The molecule has 2 aromatic rings. The molecule has 1 N–H and O–H groups in total. The molecular formula is C27H37N2O2Y+. The van der Waals surface area contributed by atoms with Crippen LogP contribution >= 0.6 is 0 Å². The molecule has 2 unspecified atom stereocenters. The summed E-state index contributed by atoms with van der Waals surface area (Å²) in [7, 11) is 0. The van der Waals surface area contributed by atoms with Crippen LogP contribution in [0.5, 0.6) is 0 Å². The van der Waals surface area contributed by atoms with Crippen LogP contribution < -0.4 is 5.32 Å². The zero-order chi connectivity index (χ0) is 22.3. The molecule has 1 fully saturated rings. The van der Waals surface area contributed by atoms with Crippen molar-refractivity contribution in [2.45, 2.75) is 53.0 Å². The number of rotatable bonds is 9. The Kier molecular flexibility index (Phi) is 10.7. The first kappa shape index (κ1) is 26.9. The second kappa shape index (κ2) is 12.8. The third-order valence-electron chi connectivity index (χ3n) is 6.60. The minimum absolute atomic E-state index is 0. The van der Waals surface area contributed by atoms with Crippen LogP contribution in [0.15, 0.2) is 48.5 Å². The molecule has 0 saturated carbocycles. The molecule has 2 aromatic carbocycles. The van der Waals surface area contributed by atoms with E-state index in [1.807, 2.05) is 12.1 Å². The quantitative estimate of drug-likeness (QED) is 0.510. The van der Waals surface area contributed by atoms with Crippen molar-refractivity contribution < 1.29 is 46.8 Å². The van der Waals surface area contributed by atoms with Gasteiger partial charge >= 0.3 is 0 Å². The number of nitrogens with one attached hydrogen (secondary N) is 1. The van der Waals surface area contributed by atoms with Gasteiger partial charge in [-0.15, -0.1) is 0 Å². The third kappa shape index (κ3) is 7.33. The Morgan fingerprint density at radius 2 is 1.72 bits per heavy atom. The summed E-state index contributed by atoms with van der Waals surface area (Å²) >= 11 is 0.